The van der Waals surface area contributed by atoms with Gasteiger partial charge >= 0.3 is 0 Å². The summed E-state index contributed by atoms with van der Waals surface area (Å²) in [5.41, 5.74) is 12.5. The van der Waals surface area contributed by atoms with Crippen molar-refractivity contribution < 1.29 is 0 Å². The quantitative estimate of drug-likeness (QED) is 0.746. The van der Waals surface area contributed by atoms with Gasteiger partial charge in [-0.2, -0.15) is 5.10 Å². The van der Waals surface area contributed by atoms with Gasteiger partial charge in [0, 0.05) is 18.0 Å². The van der Waals surface area contributed by atoms with E-state index in [0.29, 0.717) is 5.82 Å². The number of anilines is 1. The average Bonchev–Trinajstić information content (AvgIpc) is 2.85. The molecule has 0 saturated carbocycles. The largest absolute Gasteiger partial charge is 0.382 e. The molecule has 4 nitrogen and oxygen atoms in total. The van der Waals surface area contributed by atoms with Gasteiger partial charge in [-0.15, -0.1) is 0 Å². The molecule has 0 atom stereocenters. The van der Waals surface area contributed by atoms with E-state index in [1.165, 1.54) is 11.1 Å². The number of benzene rings is 1. The Kier molecular flexibility index (Phi) is 2.99. The van der Waals surface area contributed by atoms with Crippen LogP contribution < -0.4 is 5.73 Å². The SMILES string of the molecule is Cc1ccc(-c2[nH]nc(N)c2-c2ccncc2)cc1C. The molecule has 100 valence electrons. The molecule has 0 unspecified atom stereocenters. The van der Waals surface area contributed by atoms with E-state index in [2.05, 4.69) is 47.2 Å². The summed E-state index contributed by atoms with van der Waals surface area (Å²) >= 11 is 0. The molecular weight excluding hydrogens is 248 g/mol. The zero-order valence-corrected chi connectivity index (χ0v) is 11.5. The molecule has 0 aliphatic carbocycles. The molecular formula is C16H16N4. The second kappa shape index (κ2) is 4.81. The van der Waals surface area contributed by atoms with Crippen molar-refractivity contribution >= 4 is 5.82 Å². The van der Waals surface area contributed by atoms with Gasteiger partial charge < -0.3 is 5.73 Å². The number of aromatic nitrogens is 3. The maximum absolute atomic E-state index is 6.02. The molecule has 0 aliphatic rings. The van der Waals surface area contributed by atoms with Crippen molar-refractivity contribution in [1.29, 1.82) is 0 Å². The normalized spacial score (nSPS) is 10.7. The van der Waals surface area contributed by atoms with Gasteiger partial charge in [0.05, 0.1) is 11.3 Å². The minimum atomic E-state index is 0.504. The Labute approximate surface area is 117 Å². The molecule has 0 radical (unpaired) electrons. The summed E-state index contributed by atoms with van der Waals surface area (Å²) in [6.45, 7) is 4.20. The molecule has 1 aromatic carbocycles. The number of aryl methyl sites for hydroxylation is 2. The summed E-state index contributed by atoms with van der Waals surface area (Å²) in [7, 11) is 0. The lowest BCUT2D eigenvalue weighted by Gasteiger charge is -2.07. The summed E-state index contributed by atoms with van der Waals surface area (Å²) < 4.78 is 0. The third kappa shape index (κ3) is 2.05. The van der Waals surface area contributed by atoms with Crippen molar-refractivity contribution in [3.8, 4) is 22.4 Å². The topological polar surface area (TPSA) is 67.6 Å². The number of pyridine rings is 1. The molecule has 0 spiro atoms. The Balaban J connectivity index is 2.18. The zero-order chi connectivity index (χ0) is 14.1. The number of nitrogen functional groups attached to an aromatic ring is 1. The Morgan fingerprint density at radius 2 is 1.70 bits per heavy atom. The Hall–Kier alpha value is -2.62. The first-order valence-electron chi connectivity index (χ1n) is 6.48. The van der Waals surface area contributed by atoms with Crippen LogP contribution in [-0.4, -0.2) is 15.2 Å². The van der Waals surface area contributed by atoms with E-state index in [1.807, 2.05) is 12.1 Å². The highest BCUT2D eigenvalue weighted by Gasteiger charge is 2.14. The van der Waals surface area contributed by atoms with Crippen LogP contribution in [0.3, 0.4) is 0 Å². The van der Waals surface area contributed by atoms with E-state index in [0.717, 1.165) is 22.4 Å². The van der Waals surface area contributed by atoms with E-state index in [9.17, 15) is 0 Å². The predicted octanol–water partition coefficient (Wildman–Crippen LogP) is 3.34. The maximum Gasteiger partial charge on any atom is 0.153 e. The highest BCUT2D eigenvalue weighted by molar-refractivity contribution is 5.87. The van der Waals surface area contributed by atoms with Crippen LogP contribution in [-0.2, 0) is 0 Å². The van der Waals surface area contributed by atoms with Gasteiger partial charge in [-0.25, -0.2) is 0 Å². The molecule has 2 aromatic heterocycles. The first-order valence-corrected chi connectivity index (χ1v) is 6.48. The van der Waals surface area contributed by atoms with Crippen LogP contribution in [0.25, 0.3) is 22.4 Å². The summed E-state index contributed by atoms with van der Waals surface area (Å²) in [4.78, 5) is 4.04. The van der Waals surface area contributed by atoms with Crippen molar-refractivity contribution in [1.82, 2.24) is 15.2 Å². The summed E-state index contributed by atoms with van der Waals surface area (Å²) in [5.74, 6) is 0.504. The second-order valence-electron chi connectivity index (χ2n) is 4.89. The number of nitrogens with one attached hydrogen (secondary N) is 1. The van der Waals surface area contributed by atoms with Gasteiger partial charge in [-0.05, 0) is 48.7 Å². The second-order valence-corrected chi connectivity index (χ2v) is 4.89. The van der Waals surface area contributed by atoms with Crippen LogP contribution in [0.1, 0.15) is 11.1 Å². The summed E-state index contributed by atoms with van der Waals surface area (Å²) in [6, 6.07) is 10.2. The number of rotatable bonds is 2. The van der Waals surface area contributed by atoms with Crippen LogP contribution in [0.15, 0.2) is 42.7 Å². The van der Waals surface area contributed by atoms with Crippen molar-refractivity contribution in [3.05, 3.63) is 53.9 Å². The molecule has 20 heavy (non-hydrogen) atoms. The molecule has 0 aliphatic heterocycles. The molecule has 0 fully saturated rings. The van der Waals surface area contributed by atoms with Gasteiger partial charge in [0.1, 0.15) is 0 Å². The fourth-order valence-electron chi connectivity index (χ4n) is 2.27. The molecule has 0 bridgehead atoms. The highest BCUT2D eigenvalue weighted by Crippen LogP contribution is 2.34. The van der Waals surface area contributed by atoms with E-state index in [-0.39, 0.29) is 0 Å². The fourth-order valence-corrected chi connectivity index (χ4v) is 2.27. The predicted molar refractivity (Wildman–Crippen MR) is 81.1 cm³/mol. The monoisotopic (exact) mass is 264 g/mol. The molecule has 0 saturated heterocycles. The van der Waals surface area contributed by atoms with Crippen LogP contribution in [0.5, 0.6) is 0 Å². The lowest BCUT2D eigenvalue weighted by molar-refractivity contribution is 1.10. The number of H-pyrrole nitrogens is 1. The lowest BCUT2D eigenvalue weighted by Crippen LogP contribution is -1.89. The van der Waals surface area contributed by atoms with E-state index < -0.39 is 0 Å². The van der Waals surface area contributed by atoms with Gasteiger partial charge in [0.15, 0.2) is 5.82 Å². The van der Waals surface area contributed by atoms with E-state index >= 15 is 0 Å². The lowest BCUT2D eigenvalue weighted by atomic mass is 9.99. The molecule has 3 rings (SSSR count). The van der Waals surface area contributed by atoms with Crippen molar-refractivity contribution in [3.63, 3.8) is 0 Å². The fraction of sp³-hybridized carbons (Fsp3) is 0.125. The highest BCUT2D eigenvalue weighted by atomic mass is 15.2. The van der Waals surface area contributed by atoms with Crippen molar-refractivity contribution in [2.24, 2.45) is 0 Å². The van der Waals surface area contributed by atoms with Crippen molar-refractivity contribution in [2.45, 2.75) is 13.8 Å². The molecule has 4 heteroatoms. The first-order chi connectivity index (χ1) is 9.66. The summed E-state index contributed by atoms with van der Waals surface area (Å²) in [5, 5.41) is 7.19. The molecule has 3 N–H and O–H groups in total. The van der Waals surface area contributed by atoms with Gasteiger partial charge in [0.2, 0.25) is 0 Å². The third-order valence-corrected chi connectivity index (χ3v) is 3.56. The van der Waals surface area contributed by atoms with Crippen LogP contribution in [0.2, 0.25) is 0 Å². The van der Waals surface area contributed by atoms with Gasteiger partial charge in [-0.3, -0.25) is 10.1 Å². The minimum Gasteiger partial charge on any atom is -0.382 e. The van der Waals surface area contributed by atoms with E-state index in [1.54, 1.807) is 12.4 Å². The van der Waals surface area contributed by atoms with Crippen LogP contribution >= 0.6 is 0 Å². The Morgan fingerprint density at radius 1 is 0.950 bits per heavy atom. The Bertz CT molecular complexity index is 744. The number of hydrogen-bond acceptors (Lipinski definition) is 3. The third-order valence-electron chi connectivity index (χ3n) is 3.56. The van der Waals surface area contributed by atoms with Gasteiger partial charge in [0.25, 0.3) is 0 Å². The number of nitrogens with two attached hydrogens (primary N) is 1. The number of hydrogen-bond donors (Lipinski definition) is 2. The first kappa shape index (κ1) is 12.4. The number of nitrogens with zero attached hydrogens (tertiary/aromatic N) is 2. The average molecular weight is 264 g/mol. The zero-order valence-electron chi connectivity index (χ0n) is 11.5. The van der Waals surface area contributed by atoms with Crippen molar-refractivity contribution in [2.75, 3.05) is 5.73 Å². The molecule has 0 amide bonds. The molecule has 3 aromatic rings. The van der Waals surface area contributed by atoms with Gasteiger partial charge in [-0.1, -0.05) is 12.1 Å². The van der Waals surface area contributed by atoms with E-state index in [4.69, 9.17) is 5.73 Å². The standard InChI is InChI=1S/C16H16N4/c1-10-3-4-13(9-11(10)2)15-14(16(17)20-19-15)12-5-7-18-8-6-12/h3-9H,1-2H3,(H3,17,19,20). The molecule has 2 heterocycles. The summed E-state index contributed by atoms with van der Waals surface area (Å²) in [6.07, 6.45) is 3.51. The Morgan fingerprint density at radius 3 is 2.40 bits per heavy atom. The number of aromatic amines is 1. The maximum atomic E-state index is 6.02. The smallest absolute Gasteiger partial charge is 0.153 e. The van der Waals surface area contributed by atoms with Crippen LogP contribution in [0.4, 0.5) is 5.82 Å². The minimum absolute atomic E-state index is 0.504. The van der Waals surface area contributed by atoms with Crippen LogP contribution in [0, 0.1) is 13.8 Å².